The highest BCUT2D eigenvalue weighted by Crippen LogP contribution is 2.18. The number of carbonyl (C=O) groups excluding carboxylic acids is 2. The Bertz CT molecular complexity index is 420. The van der Waals surface area contributed by atoms with Crippen LogP contribution in [0.1, 0.15) is 30.1 Å². The zero-order valence-corrected chi connectivity index (χ0v) is 12.5. The van der Waals surface area contributed by atoms with Crippen molar-refractivity contribution >= 4 is 35.1 Å². The molecule has 1 aromatic rings. The first-order chi connectivity index (χ1) is 9.17. The molecule has 0 spiro atoms. The number of thioether (sulfide) groups is 1. The van der Waals surface area contributed by atoms with E-state index in [0.29, 0.717) is 11.3 Å². The number of amides is 1. The molecule has 0 saturated heterocycles. The molecule has 0 saturated carbocycles. The summed E-state index contributed by atoms with van der Waals surface area (Å²) in [4.78, 5) is 23.8. The highest BCUT2D eigenvalue weighted by atomic mass is 35.5. The third-order valence-electron chi connectivity index (χ3n) is 2.52. The lowest BCUT2D eigenvalue weighted by molar-refractivity contribution is -0.118. The zero-order chi connectivity index (χ0) is 14.1. The average molecular weight is 300 g/mol. The second kappa shape index (κ2) is 8.99. The summed E-state index contributed by atoms with van der Waals surface area (Å²) in [5, 5.41) is 2.86. The van der Waals surface area contributed by atoms with Crippen molar-refractivity contribution in [2.45, 2.75) is 24.7 Å². The van der Waals surface area contributed by atoms with Crippen molar-refractivity contribution in [2.75, 3.05) is 18.2 Å². The first-order valence-electron chi connectivity index (χ1n) is 6.26. The Morgan fingerprint density at radius 3 is 2.53 bits per heavy atom. The standard InChI is InChI=1S/C14H18ClNO2S/c1-2-3-8-16-14(18)10-19-12-6-4-11(5-7-12)13(17)9-15/h4-7H,2-3,8-10H2,1H3,(H,16,18). The third-order valence-corrected chi connectivity index (χ3v) is 3.77. The summed E-state index contributed by atoms with van der Waals surface area (Å²) in [6, 6.07) is 7.15. The predicted molar refractivity (Wildman–Crippen MR) is 80.1 cm³/mol. The van der Waals surface area contributed by atoms with Crippen LogP contribution in [0.3, 0.4) is 0 Å². The number of unbranched alkanes of at least 4 members (excludes halogenated alkanes) is 1. The van der Waals surface area contributed by atoms with Crippen LogP contribution in [-0.2, 0) is 4.79 Å². The average Bonchev–Trinajstić information content (AvgIpc) is 2.45. The number of nitrogens with one attached hydrogen (secondary N) is 1. The van der Waals surface area contributed by atoms with Crippen LogP contribution in [0, 0.1) is 0 Å². The Labute approximate surface area is 123 Å². The Morgan fingerprint density at radius 2 is 1.95 bits per heavy atom. The fourth-order valence-corrected chi connectivity index (χ4v) is 2.30. The van der Waals surface area contributed by atoms with E-state index in [0.717, 1.165) is 24.3 Å². The monoisotopic (exact) mass is 299 g/mol. The van der Waals surface area contributed by atoms with E-state index in [2.05, 4.69) is 12.2 Å². The van der Waals surface area contributed by atoms with E-state index in [-0.39, 0.29) is 17.6 Å². The molecular formula is C14H18ClNO2S. The van der Waals surface area contributed by atoms with Crippen LogP contribution in [-0.4, -0.2) is 29.9 Å². The van der Waals surface area contributed by atoms with Gasteiger partial charge in [0.25, 0.3) is 0 Å². The Kier molecular flexibility index (Phi) is 7.60. The van der Waals surface area contributed by atoms with Crippen molar-refractivity contribution in [3.8, 4) is 0 Å². The normalized spacial score (nSPS) is 10.2. The number of Topliss-reactive ketones (excluding diaryl/α,β-unsaturated/α-hetero) is 1. The summed E-state index contributed by atoms with van der Waals surface area (Å²) < 4.78 is 0. The second-order valence-corrected chi connectivity index (χ2v) is 5.39. The van der Waals surface area contributed by atoms with Gasteiger partial charge in [-0.2, -0.15) is 0 Å². The van der Waals surface area contributed by atoms with Crippen LogP contribution in [0.15, 0.2) is 29.2 Å². The van der Waals surface area contributed by atoms with Gasteiger partial charge in [0.15, 0.2) is 5.78 Å². The SMILES string of the molecule is CCCCNC(=O)CSc1ccc(C(=O)CCl)cc1. The van der Waals surface area contributed by atoms with E-state index in [1.54, 1.807) is 12.1 Å². The van der Waals surface area contributed by atoms with Crippen molar-refractivity contribution in [3.05, 3.63) is 29.8 Å². The summed E-state index contributed by atoms with van der Waals surface area (Å²) in [6.45, 7) is 2.82. The molecule has 0 aliphatic heterocycles. The van der Waals surface area contributed by atoms with Crippen molar-refractivity contribution in [3.63, 3.8) is 0 Å². The summed E-state index contributed by atoms with van der Waals surface area (Å²) >= 11 is 6.94. The minimum Gasteiger partial charge on any atom is -0.355 e. The molecule has 0 fully saturated rings. The number of rotatable bonds is 8. The molecule has 104 valence electrons. The maximum Gasteiger partial charge on any atom is 0.230 e. The Morgan fingerprint density at radius 1 is 1.26 bits per heavy atom. The lowest BCUT2D eigenvalue weighted by Crippen LogP contribution is -2.25. The van der Waals surface area contributed by atoms with E-state index < -0.39 is 0 Å². The summed E-state index contributed by atoms with van der Waals surface area (Å²) in [7, 11) is 0. The fourth-order valence-electron chi connectivity index (χ4n) is 1.42. The number of benzene rings is 1. The van der Waals surface area contributed by atoms with Crippen LogP contribution in [0.2, 0.25) is 0 Å². The van der Waals surface area contributed by atoms with Crippen LogP contribution in [0.4, 0.5) is 0 Å². The minimum atomic E-state index is -0.0875. The van der Waals surface area contributed by atoms with E-state index in [9.17, 15) is 9.59 Å². The van der Waals surface area contributed by atoms with Crippen molar-refractivity contribution in [2.24, 2.45) is 0 Å². The number of hydrogen-bond acceptors (Lipinski definition) is 3. The number of alkyl halides is 1. The number of halogens is 1. The van der Waals surface area contributed by atoms with Gasteiger partial charge in [-0.05, 0) is 18.6 Å². The van der Waals surface area contributed by atoms with E-state index in [1.807, 2.05) is 12.1 Å². The third kappa shape index (κ3) is 6.12. The molecule has 0 radical (unpaired) electrons. The van der Waals surface area contributed by atoms with Crippen LogP contribution in [0.25, 0.3) is 0 Å². The molecule has 1 rings (SSSR count). The number of ketones is 1. The Balaban J connectivity index is 2.37. The van der Waals surface area contributed by atoms with Gasteiger partial charge < -0.3 is 5.32 Å². The summed E-state index contributed by atoms with van der Waals surface area (Å²) in [6.07, 6.45) is 2.08. The predicted octanol–water partition coefficient (Wildman–Crippen LogP) is 3.12. The molecule has 1 aromatic carbocycles. The largest absolute Gasteiger partial charge is 0.355 e. The number of carbonyl (C=O) groups is 2. The molecule has 0 aliphatic rings. The number of hydrogen-bond donors (Lipinski definition) is 1. The molecule has 0 bridgehead atoms. The molecule has 5 heteroatoms. The topological polar surface area (TPSA) is 46.2 Å². The minimum absolute atomic E-state index is 0.00762. The highest BCUT2D eigenvalue weighted by molar-refractivity contribution is 8.00. The molecule has 0 aromatic heterocycles. The van der Waals surface area contributed by atoms with Gasteiger partial charge in [0.05, 0.1) is 11.6 Å². The van der Waals surface area contributed by atoms with Crippen LogP contribution in [0.5, 0.6) is 0 Å². The lowest BCUT2D eigenvalue weighted by Gasteiger charge is -2.04. The molecule has 0 unspecified atom stereocenters. The smallest absolute Gasteiger partial charge is 0.230 e. The first-order valence-corrected chi connectivity index (χ1v) is 7.78. The van der Waals surface area contributed by atoms with Crippen LogP contribution >= 0.6 is 23.4 Å². The van der Waals surface area contributed by atoms with Gasteiger partial charge >= 0.3 is 0 Å². The highest BCUT2D eigenvalue weighted by Gasteiger charge is 2.05. The molecule has 1 N–H and O–H groups in total. The molecule has 3 nitrogen and oxygen atoms in total. The summed E-state index contributed by atoms with van der Waals surface area (Å²) in [5.41, 5.74) is 0.603. The maximum atomic E-state index is 11.5. The quantitative estimate of drug-likeness (QED) is 0.347. The van der Waals surface area contributed by atoms with E-state index >= 15 is 0 Å². The fraction of sp³-hybridized carbons (Fsp3) is 0.429. The van der Waals surface area contributed by atoms with Gasteiger partial charge in [-0.15, -0.1) is 23.4 Å². The zero-order valence-electron chi connectivity index (χ0n) is 10.9. The molecule has 0 atom stereocenters. The van der Waals surface area contributed by atoms with Gasteiger partial charge in [0.1, 0.15) is 0 Å². The second-order valence-electron chi connectivity index (χ2n) is 4.07. The van der Waals surface area contributed by atoms with Crippen molar-refractivity contribution in [1.29, 1.82) is 0 Å². The molecular weight excluding hydrogens is 282 g/mol. The molecule has 0 heterocycles. The van der Waals surface area contributed by atoms with Crippen molar-refractivity contribution in [1.82, 2.24) is 5.32 Å². The van der Waals surface area contributed by atoms with Gasteiger partial charge in [0, 0.05) is 17.0 Å². The van der Waals surface area contributed by atoms with Gasteiger partial charge in [0.2, 0.25) is 5.91 Å². The summed E-state index contributed by atoms with van der Waals surface area (Å²) in [5.74, 6) is 0.341. The lowest BCUT2D eigenvalue weighted by atomic mass is 10.1. The van der Waals surface area contributed by atoms with Gasteiger partial charge in [-0.3, -0.25) is 9.59 Å². The van der Waals surface area contributed by atoms with Gasteiger partial charge in [-0.1, -0.05) is 25.5 Å². The Hall–Kier alpha value is -1.00. The molecule has 1 amide bonds. The maximum absolute atomic E-state index is 11.5. The molecule has 19 heavy (non-hydrogen) atoms. The van der Waals surface area contributed by atoms with E-state index in [4.69, 9.17) is 11.6 Å². The first kappa shape index (κ1) is 16.1. The van der Waals surface area contributed by atoms with Crippen molar-refractivity contribution < 1.29 is 9.59 Å². The molecule has 0 aliphatic carbocycles. The van der Waals surface area contributed by atoms with Gasteiger partial charge in [-0.25, -0.2) is 0 Å². The van der Waals surface area contributed by atoms with Crippen LogP contribution < -0.4 is 5.32 Å². The van der Waals surface area contributed by atoms with E-state index in [1.165, 1.54) is 11.8 Å².